The zero-order valence-corrected chi connectivity index (χ0v) is 66.1. The summed E-state index contributed by atoms with van der Waals surface area (Å²) in [6.07, 6.45) is 4.80. The minimum Gasteiger partial charge on any atom is -0.334 e. The monoisotopic (exact) mass is 1560 g/mol. The first-order chi connectivity index (χ1) is 53.9. The molecule has 3 fully saturated rings. The van der Waals surface area contributed by atoms with Crippen LogP contribution in [0.25, 0.3) is 50.7 Å². The van der Waals surface area contributed by atoms with Crippen molar-refractivity contribution in [3.8, 4) is 33.8 Å². The number of benzene rings is 3. The summed E-state index contributed by atoms with van der Waals surface area (Å²) < 4.78 is 70.3. The van der Waals surface area contributed by atoms with Crippen LogP contribution in [0.1, 0.15) is 191 Å². The standard InChI is InChI=1S/C29H33FN6O2.2C27H29F2N7O2/c1-18-21(11-12-31-18)26(37)34-13-14-35(29(5,6)17-34)27(38)24-16-36-25(32-24)22(28(2,3)4)15-23(33-36)19-7-9-20(30)10-8-19;1-16(2)19-13-20(17-5-7-18(8-6-17)22(28)29)33-36-14-21(32-24(19)36)25(37)35-12-11-34(15-27(35,3)4)26(38)23-30-9-10-31-23;1-16(2)19-13-21(17-5-7-18(8-6-17)23(28)29)33-36-14-22(31-24(19)36)26(38)35-12-11-34(15-27(35,3)4)25(37)20-9-10-30-32-20/h7-11,15-16H,12-14,17H2,1-6H3;5-9,13-14,16,22H,10-12,15H2,1-4H3;5-10,13-14,16,23H,11-12,15H2,1-4H3,(H,30,32). The van der Waals surface area contributed by atoms with Crippen molar-refractivity contribution in [2.75, 3.05) is 72.0 Å². The first-order valence-corrected chi connectivity index (χ1v) is 37.8. The Hall–Kier alpha value is -12.1. The van der Waals surface area contributed by atoms with E-state index in [1.54, 1.807) is 110 Å². The molecule has 0 atom stereocenters. The summed E-state index contributed by atoms with van der Waals surface area (Å²) in [5.74, 6) is -1.06. The van der Waals surface area contributed by atoms with Gasteiger partial charge in [0.2, 0.25) is 5.84 Å². The summed E-state index contributed by atoms with van der Waals surface area (Å²) in [7, 11) is 0. The predicted octanol–water partition coefficient (Wildman–Crippen LogP) is 12.9. The van der Waals surface area contributed by atoms with Crippen molar-refractivity contribution in [2.45, 2.75) is 144 Å². The van der Waals surface area contributed by atoms with Crippen molar-refractivity contribution >= 4 is 70.1 Å². The fraction of sp³-hybridized carbons (Fsp3) is 0.398. The number of H-pyrrole nitrogens is 1. The van der Waals surface area contributed by atoms with E-state index in [-0.39, 0.29) is 86.9 Å². The summed E-state index contributed by atoms with van der Waals surface area (Å²) in [6, 6.07) is 25.6. The number of hydrogen-bond acceptors (Lipinski definition) is 16. The SMILES string of the molecule is CC(C)c1cc(-c2ccc(C(F)F)cc2)nn2cc(C(=O)N3CCN(C(=O)C4=NCC=N4)CC3(C)C)nc12.CC(C)c1cc(-c2ccc(C(F)F)cc2)nn2cc(C(=O)N3CCN(C(=O)c4ccn[nH]4)CC3(C)C)nc12.CC1=NCC=C1C(=O)N1CCN(C(=O)c2cn3nc(-c4ccc(F)cc4)cc(C(C)(C)C)c3n2)C(C)(C)C1. The normalized spacial score (nSPS) is 16.7. The van der Waals surface area contributed by atoms with Crippen molar-refractivity contribution < 1.29 is 50.7 Å². The molecule has 7 aromatic heterocycles. The molecule has 1 N–H and O–H groups in total. The molecule has 114 heavy (non-hydrogen) atoms. The first-order valence-electron chi connectivity index (χ1n) is 37.8. The molecular weight excluding hydrogens is 1470 g/mol. The Morgan fingerprint density at radius 3 is 1.25 bits per heavy atom. The number of nitrogens with one attached hydrogen (secondary N) is 1. The van der Waals surface area contributed by atoms with E-state index >= 15 is 0 Å². The molecule has 3 saturated heterocycles. The molecular formula is C83H91F5N20O6. The van der Waals surface area contributed by atoms with Gasteiger partial charge in [0.05, 0.1) is 71.0 Å². The van der Waals surface area contributed by atoms with E-state index in [0.29, 0.717) is 134 Å². The fourth-order valence-electron chi connectivity index (χ4n) is 14.9. The quantitative estimate of drug-likeness (QED) is 0.105. The lowest BCUT2D eigenvalue weighted by Gasteiger charge is -2.47. The highest BCUT2D eigenvalue weighted by Crippen LogP contribution is 2.36. The average Bonchev–Trinajstić information content (AvgIpc) is 1.60. The van der Waals surface area contributed by atoms with Crippen LogP contribution in [0.3, 0.4) is 0 Å². The van der Waals surface area contributed by atoms with E-state index in [1.807, 2.05) is 100 Å². The third-order valence-corrected chi connectivity index (χ3v) is 21.1. The third-order valence-electron chi connectivity index (χ3n) is 21.1. The number of aliphatic imine (C=N–C) groups is 3. The number of piperazine rings is 3. The maximum Gasteiger partial charge on any atom is 0.291 e. The van der Waals surface area contributed by atoms with Crippen LogP contribution in [-0.2, 0) is 15.0 Å². The number of carbonyl (C=O) groups is 6. The highest BCUT2D eigenvalue weighted by molar-refractivity contribution is 6.40. The van der Waals surface area contributed by atoms with Crippen molar-refractivity contribution in [2.24, 2.45) is 15.0 Å². The second-order valence-corrected chi connectivity index (χ2v) is 32.5. The Morgan fingerprint density at radius 2 is 0.886 bits per heavy atom. The van der Waals surface area contributed by atoms with Crippen LogP contribution < -0.4 is 0 Å². The van der Waals surface area contributed by atoms with Gasteiger partial charge in [-0.1, -0.05) is 97.0 Å². The van der Waals surface area contributed by atoms with Crippen LogP contribution in [0, 0.1) is 5.82 Å². The van der Waals surface area contributed by atoms with Crippen molar-refractivity contribution in [3.63, 3.8) is 0 Å². The molecule has 5 aliphatic rings. The van der Waals surface area contributed by atoms with Gasteiger partial charge in [0, 0.05) is 122 Å². The lowest BCUT2D eigenvalue weighted by atomic mass is 9.87. The molecule has 3 aromatic carbocycles. The zero-order chi connectivity index (χ0) is 81.8. The number of nitrogens with zero attached hydrogens (tertiary/aromatic N) is 19. The van der Waals surface area contributed by atoms with Gasteiger partial charge in [-0.15, -0.1) is 0 Å². The number of amides is 6. The largest absolute Gasteiger partial charge is 0.334 e. The lowest BCUT2D eigenvalue weighted by molar-refractivity contribution is -0.130. The number of amidine groups is 1. The summed E-state index contributed by atoms with van der Waals surface area (Å²) >= 11 is 0. The van der Waals surface area contributed by atoms with Gasteiger partial charge in [-0.3, -0.25) is 43.9 Å². The van der Waals surface area contributed by atoms with Gasteiger partial charge in [0.25, 0.3) is 48.3 Å². The molecule has 594 valence electrons. The summed E-state index contributed by atoms with van der Waals surface area (Å²) in [6.45, 7) is 32.1. The van der Waals surface area contributed by atoms with E-state index in [0.717, 1.165) is 28.0 Å². The number of aromatic nitrogens is 11. The number of hydrogen-bond donors (Lipinski definition) is 1. The lowest BCUT2D eigenvalue weighted by Crippen LogP contribution is -2.62. The van der Waals surface area contributed by atoms with Gasteiger partial charge >= 0.3 is 0 Å². The fourth-order valence-corrected chi connectivity index (χ4v) is 14.9. The van der Waals surface area contributed by atoms with Crippen molar-refractivity contribution in [3.05, 3.63) is 190 Å². The van der Waals surface area contributed by atoms with Crippen molar-refractivity contribution in [1.29, 1.82) is 0 Å². The van der Waals surface area contributed by atoms with Gasteiger partial charge < -0.3 is 29.4 Å². The highest BCUT2D eigenvalue weighted by atomic mass is 19.3. The highest BCUT2D eigenvalue weighted by Gasteiger charge is 2.44. The van der Waals surface area contributed by atoms with Gasteiger partial charge in [0.1, 0.15) is 28.6 Å². The topological polar surface area (TPSA) is 278 Å². The summed E-state index contributed by atoms with van der Waals surface area (Å²) in [5, 5.41) is 20.5. The number of aromatic amines is 1. The molecule has 6 amide bonds. The zero-order valence-electron chi connectivity index (χ0n) is 66.1. The van der Waals surface area contributed by atoms with Gasteiger partial charge in [-0.2, -0.15) is 20.4 Å². The minimum atomic E-state index is -2.54. The average molecular weight is 1560 g/mol. The van der Waals surface area contributed by atoms with Crippen LogP contribution in [0.2, 0.25) is 0 Å². The van der Waals surface area contributed by atoms with E-state index in [9.17, 15) is 50.7 Å². The third kappa shape index (κ3) is 16.4. The number of alkyl halides is 4. The molecule has 0 spiro atoms. The van der Waals surface area contributed by atoms with E-state index < -0.39 is 29.5 Å². The summed E-state index contributed by atoms with van der Waals surface area (Å²) in [4.78, 5) is 117. The minimum absolute atomic E-state index is 0.0380. The number of halogens is 5. The van der Waals surface area contributed by atoms with Gasteiger partial charge in [-0.05, 0) is 120 Å². The number of imidazole rings is 3. The molecule has 12 heterocycles. The Balaban J connectivity index is 0.000000149. The number of carbonyl (C=O) groups excluding carboxylic acids is 6. The van der Waals surface area contributed by atoms with Crippen LogP contribution in [0.15, 0.2) is 148 Å². The molecule has 26 nitrogen and oxygen atoms in total. The molecule has 0 saturated carbocycles. The number of fused-ring (bicyclic) bond motifs is 3. The van der Waals surface area contributed by atoms with Gasteiger partial charge in [0.15, 0.2) is 16.9 Å². The Kier molecular flexibility index (Phi) is 22.1. The molecule has 0 bridgehead atoms. The molecule has 10 aromatic rings. The van der Waals surface area contributed by atoms with E-state index in [2.05, 4.69) is 66.1 Å². The van der Waals surface area contributed by atoms with Crippen LogP contribution in [0.4, 0.5) is 22.0 Å². The maximum absolute atomic E-state index is 13.8. The molecule has 0 radical (unpaired) electrons. The second kappa shape index (κ2) is 31.5. The van der Waals surface area contributed by atoms with E-state index in [4.69, 9.17) is 10.1 Å². The Labute approximate surface area is 655 Å². The molecule has 5 aliphatic heterocycles. The maximum atomic E-state index is 13.8. The second-order valence-electron chi connectivity index (χ2n) is 32.5. The van der Waals surface area contributed by atoms with Crippen LogP contribution >= 0.6 is 0 Å². The van der Waals surface area contributed by atoms with Crippen LogP contribution in [0.5, 0.6) is 0 Å². The smallest absolute Gasteiger partial charge is 0.291 e. The van der Waals surface area contributed by atoms with Crippen molar-refractivity contribution in [1.82, 2.24) is 83.4 Å². The van der Waals surface area contributed by atoms with Crippen LogP contribution in [-0.4, -0.2) is 225 Å². The van der Waals surface area contributed by atoms with Gasteiger partial charge in [-0.25, -0.2) is 55.4 Å². The Morgan fingerprint density at radius 1 is 0.482 bits per heavy atom. The molecule has 31 heteroatoms. The molecule has 0 aliphatic carbocycles. The Bertz CT molecular complexity index is 5500. The van der Waals surface area contributed by atoms with E-state index in [1.165, 1.54) is 42.6 Å². The molecule has 15 rings (SSSR count). The molecule has 0 unspecified atom stereocenters. The predicted molar refractivity (Wildman–Crippen MR) is 422 cm³/mol. The number of rotatable bonds is 13. The first kappa shape index (κ1) is 80.0. The summed E-state index contributed by atoms with van der Waals surface area (Å²) in [5.41, 5.74) is 8.89.